The highest BCUT2D eigenvalue weighted by Crippen LogP contribution is 2.40. The molecule has 0 aromatic heterocycles. The third kappa shape index (κ3) is 15.1. The maximum atomic E-state index is 12.3. The number of hydrogen-bond donors (Lipinski definition) is 0. The quantitative estimate of drug-likeness (QED) is 0.105. The van der Waals surface area contributed by atoms with Crippen molar-refractivity contribution in [2.45, 2.75) is 129 Å². The van der Waals surface area contributed by atoms with Crippen LogP contribution in [-0.2, 0) is 24.0 Å². The van der Waals surface area contributed by atoms with E-state index < -0.39 is 0 Å². The first-order chi connectivity index (χ1) is 17.1. The number of Topliss-reactive ketones (excluding diaryl/α,β-unsaturated/α-hetero) is 1. The van der Waals surface area contributed by atoms with Crippen molar-refractivity contribution >= 4 is 11.8 Å². The number of ketones is 1. The molecule has 3 atom stereocenters. The van der Waals surface area contributed by atoms with Crippen molar-refractivity contribution in [1.82, 2.24) is 0 Å². The molecule has 35 heavy (non-hydrogen) atoms. The summed E-state index contributed by atoms with van der Waals surface area (Å²) in [6.45, 7) is 5.67. The molecule has 2 rings (SSSR count). The van der Waals surface area contributed by atoms with Gasteiger partial charge in [0.25, 0.3) is 0 Å². The van der Waals surface area contributed by atoms with Crippen LogP contribution in [-0.4, -0.2) is 32.1 Å². The molecule has 0 radical (unpaired) electrons. The number of rotatable bonds is 14. The van der Waals surface area contributed by atoms with Crippen molar-refractivity contribution in [2.24, 2.45) is 28.3 Å². The topological polar surface area (TPSA) is 86.6 Å². The summed E-state index contributed by atoms with van der Waals surface area (Å²) in [5.41, 5.74) is 0. The summed E-state index contributed by atoms with van der Waals surface area (Å²) in [4.78, 5) is 32.9. The first-order valence-electron chi connectivity index (χ1n) is 14.4. The summed E-state index contributed by atoms with van der Waals surface area (Å²) in [6, 6.07) is 0. The van der Waals surface area contributed by atoms with Crippen LogP contribution in [0.5, 0.6) is 0 Å². The van der Waals surface area contributed by atoms with Gasteiger partial charge in [0.15, 0.2) is 0 Å². The van der Waals surface area contributed by atoms with Crippen LogP contribution in [0.2, 0.25) is 0 Å². The number of esters is 1. The molecule has 1 heterocycles. The number of hydrogen-bond acceptors (Lipinski definition) is 7. The first kappa shape index (κ1) is 31.4. The lowest BCUT2D eigenvalue weighted by Crippen LogP contribution is -2.34. The molecule has 0 spiro atoms. The zero-order valence-electron chi connectivity index (χ0n) is 22.8. The number of carbonyl (C=O) groups excluding carboxylic acids is 2. The Balaban J connectivity index is 0.000000351. The van der Waals surface area contributed by atoms with Gasteiger partial charge in [0, 0.05) is 12.3 Å². The van der Waals surface area contributed by atoms with E-state index in [1.807, 2.05) is 0 Å². The molecule has 1 aliphatic heterocycles. The van der Waals surface area contributed by atoms with Crippen LogP contribution >= 0.6 is 0 Å². The summed E-state index contributed by atoms with van der Waals surface area (Å²) in [6.07, 6.45) is 20.5. The summed E-state index contributed by atoms with van der Waals surface area (Å²) in [5, 5.41) is 6.63. The van der Waals surface area contributed by atoms with E-state index in [1.165, 1.54) is 84.2 Å². The van der Waals surface area contributed by atoms with E-state index in [0.29, 0.717) is 37.3 Å². The average Bonchev–Trinajstić information content (AvgIpc) is 2.88. The Hall–Kier alpha value is -1.66. The summed E-state index contributed by atoms with van der Waals surface area (Å²) in [7, 11) is 1.45. The highest BCUT2D eigenvalue weighted by atomic mass is 16.7. The third-order valence-corrected chi connectivity index (χ3v) is 7.43. The zero-order valence-corrected chi connectivity index (χ0v) is 22.8. The largest absolute Gasteiger partial charge is 0.466 e. The minimum absolute atomic E-state index is 0.204. The first-order valence-corrected chi connectivity index (χ1v) is 14.4. The summed E-state index contributed by atoms with van der Waals surface area (Å²) < 4.78 is 5.12. The fourth-order valence-electron chi connectivity index (χ4n) is 5.44. The molecule has 0 aromatic rings. The van der Waals surface area contributed by atoms with Crippen molar-refractivity contribution in [1.29, 1.82) is 0 Å². The van der Waals surface area contributed by atoms with Gasteiger partial charge in [-0.05, 0) is 43.9 Å². The molecule has 204 valence electrons. The lowest BCUT2D eigenvalue weighted by molar-refractivity contribution is -0.146. The van der Waals surface area contributed by atoms with E-state index >= 15 is 0 Å². The smallest absolute Gasteiger partial charge is 0.306 e. The Morgan fingerprint density at radius 3 is 2.17 bits per heavy atom. The number of unbranched alkanes of at least 4 members (excludes halogenated alkanes) is 9. The third-order valence-electron chi connectivity index (χ3n) is 7.43. The summed E-state index contributed by atoms with van der Waals surface area (Å²) >= 11 is 0. The van der Waals surface area contributed by atoms with E-state index in [9.17, 15) is 9.59 Å². The van der Waals surface area contributed by atoms with Gasteiger partial charge in [0.2, 0.25) is 0 Å². The van der Waals surface area contributed by atoms with Gasteiger partial charge in [0.1, 0.15) is 19.5 Å². The molecule has 3 unspecified atom stereocenters. The zero-order chi connectivity index (χ0) is 25.6. The maximum absolute atomic E-state index is 12.3. The SMILES string of the molecule is CCC1CCCC2C(=O)CCC(=O)OCCCC12.CCCCCCCCCCCCO/N=N/OC. The average molecular weight is 497 g/mol. The second kappa shape index (κ2) is 21.6. The summed E-state index contributed by atoms with van der Waals surface area (Å²) in [5.74, 6) is 1.55. The van der Waals surface area contributed by atoms with E-state index in [0.717, 1.165) is 25.7 Å². The molecule has 7 heteroatoms. The van der Waals surface area contributed by atoms with Gasteiger partial charge in [-0.25, -0.2) is 0 Å². The Morgan fingerprint density at radius 1 is 0.829 bits per heavy atom. The Labute approximate surface area is 214 Å². The van der Waals surface area contributed by atoms with Crippen LogP contribution in [0.4, 0.5) is 0 Å². The van der Waals surface area contributed by atoms with Crippen LogP contribution in [0.3, 0.4) is 0 Å². The normalized spacial score (nSPS) is 23.1. The van der Waals surface area contributed by atoms with E-state index in [1.54, 1.807) is 0 Å². The standard InChI is InChI=1S/C15H24O3.C13H28N2O2/c1-2-11-5-3-6-13-12(11)7-4-10-18-15(17)9-8-14(13)16;1-3-4-5-6-7-8-9-10-11-12-13-17-15-14-16-2/h11-13H,2-10H2,1H3;3-13H2,1-2H3/b;15-14+. The monoisotopic (exact) mass is 496 g/mol. The fourth-order valence-corrected chi connectivity index (χ4v) is 5.44. The van der Waals surface area contributed by atoms with Gasteiger partial charge in [-0.15, -0.1) is 0 Å². The van der Waals surface area contributed by atoms with Gasteiger partial charge in [-0.3, -0.25) is 9.59 Å². The van der Waals surface area contributed by atoms with E-state index in [2.05, 4.69) is 29.2 Å². The number of nitrogens with zero attached hydrogens (tertiary/aromatic N) is 2. The second-order valence-corrected chi connectivity index (χ2v) is 10.1. The van der Waals surface area contributed by atoms with Crippen LogP contribution in [0, 0.1) is 17.8 Å². The molecular formula is C28H52N2O5. The molecular weight excluding hydrogens is 444 g/mol. The maximum Gasteiger partial charge on any atom is 0.306 e. The molecule has 1 aliphatic carbocycles. The van der Waals surface area contributed by atoms with E-state index in [-0.39, 0.29) is 18.3 Å². The molecule has 0 aromatic carbocycles. The van der Waals surface area contributed by atoms with Gasteiger partial charge in [0.05, 0.1) is 23.6 Å². The van der Waals surface area contributed by atoms with Gasteiger partial charge < -0.3 is 14.4 Å². The molecule has 0 amide bonds. The van der Waals surface area contributed by atoms with Gasteiger partial charge in [-0.2, -0.15) is 0 Å². The van der Waals surface area contributed by atoms with Gasteiger partial charge >= 0.3 is 5.97 Å². The van der Waals surface area contributed by atoms with Crippen molar-refractivity contribution in [2.75, 3.05) is 20.3 Å². The minimum Gasteiger partial charge on any atom is -0.466 e. The predicted octanol–water partition coefficient (Wildman–Crippen LogP) is 7.97. The van der Waals surface area contributed by atoms with Crippen molar-refractivity contribution < 1.29 is 24.0 Å². The Bertz CT molecular complexity index is 570. The van der Waals surface area contributed by atoms with Crippen molar-refractivity contribution in [3.05, 3.63) is 0 Å². The number of ether oxygens (including phenoxy) is 1. The van der Waals surface area contributed by atoms with Crippen LogP contribution < -0.4 is 0 Å². The van der Waals surface area contributed by atoms with Crippen LogP contribution in [0.25, 0.3) is 0 Å². The minimum atomic E-state index is -0.204. The lowest BCUT2D eigenvalue weighted by Gasteiger charge is -2.37. The predicted molar refractivity (Wildman–Crippen MR) is 139 cm³/mol. The molecule has 1 saturated carbocycles. The van der Waals surface area contributed by atoms with Gasteiger partial charge in [-0.1, -0.05) is 84.5 Å². The van der Waals surface area contributed by atoms with Crippen molar-refractivity contribution in [3.8, 4) is 0 Å². The van der Waals surface area contributed by atoms with Crippen molar-refractivity contribution in [3.63, 3.8) is 0 Å². The second-order valence-electron chi connectivity index (χ2n) is 10.1. The Kier molecular flexibility index (Phi) is 19.4. The lowest BCUT2D eigenvalue weighted by atomic mass is 9.67. The van der Waals surface area contributed by atoms with E-state index in [4.69, 9.17) is 9.57 Å². The van der Waals surface area contributed by atoms with Crippen LogP contribution in [0.1, 0.15) is 129 Å². The number of fused-ring (bicyclic) bond motifs is 1. The van der Waals surface area contributed by atoms with Crippen LogP contribution in [0.15, 0.2) is 10.6 Å². The Morgan fingerprint density at radius 2 is 1.51 bits per heavy atom. The highest BCUT2D eigenvalue weighted by molar-refractivity contribution is 5.85. The fraction of sp³-hybridized carbons (Fsp3) is 0.929. The molecule has 0 bridgehead atoms. The number of carbonyl (C=O) groups is 2. The molecule has 0 N–H and O–H groups in total. The number of cyclic esters (lactones) is 1. The highest BCUT2D eigenvalue weighted by Gasteiger charge is 2.36. The molecule has 2 fully saturated rings. The molecule has 2 aliphatic rings. The molecule has 1 saturated heterocycles. The molecule has 7 nitrogen and oxygen atoms in total.